The molecule has 0 saturated heterocycles. The Morgan fingerprint density at radius 3 is 2.58 bits per heavy atom. The summed E-state index contributed by atoms with van der Waals surface area (Å²) in [6.45, 7) is 0.106. The molecule has 0 bridgehead atoms. The van der Waals surface area contributed by atoms with E-state index >= 15 is 0 Å². The molecule has 1 aromatic heterocycles. The molecule has 1 aliphatic rings. The van der Waals surface area contributed by atoms with Crippen LogP contribution < -0.4 is 30.4 Å². The van der Waals surface area contributed by atoms with Gasteiger partial charge in [-0.25, -0.2) is 9.97 Å². The number of ether oxygens (including phenoxy) is 3. The third-order valence-electron chi connectivity index (χ3n) is 4.29. The van der Waals surface area contributed by atoms with E-state index in [1.165, 1.54) is 7.11 Å². The molecule has 0 fully saturated rings. The van der Waals surface area contributed by atoms with Gasteiger partial charge in [0.1, 0.15) is 12.1 Å². The summed E-state index contributed by atoms with van der Waals surface area (Å²) in [4.78, 5) is 31.2. The molecule has 2 heterocycles. The second-order valence-corrected chi connectivity index (χ2v) is 6.18. The van der Waals surface area contributed by atoms with Gasteiger partial charge in [-0.1, -0.05) is 0 Å². The lowest BCUT2D eigenvalue weighted by molar-refractivity contribution is -0.383. The van der Waals surface area contributed by atoms with Crippen molar-refractivity contribution in [1.29, 1.82) is 0 Å². The molecule has 1 amide bonds. The van der Waals surface area contributed by atoms with Crippen molar-refractivity contribution in [3.63, 3.8) is 0 Å². The Morgan fingerprint density at radius 2 is 1.84 bits per heavy atom. The average Bonchev–Trinajstić information content (AvgIpc) is 3.25. The highest BCUT2D eigenvalue weighted by Crippen LogP contribution is 2.37. The van der Waals surface area contributed by atoms with Gasteiger partial charge in [-0.2, -0.15) is 0 Å². The smallest absolute Gasteiger partial charge is 0.355 e. The monoisotopic (exact) mass is 424 g/mol. The van der Waals surface area contributed by atoms with Crippen molar-refractivity contribution < 1.29 is 23.9 Å². The molecule has 0 aliphatic carbocycles. The summed E-state index contributed by atoms with van der Waals surface area (Å²) in [5, 5.41) is 14.5. The van der Waals surface area contributed by atoms with E-state index in [0.717, 1.165) is 6.33 Å². The van der Waals surface area contributed by atoms with Crippen LogP contribution in [-0.2, 0) is 0 Å². The number of carbonyl (C=O) groups excluding carboxylic acids is 1. The summed E-state index contributed by atoms with van der Waals surface area (Å²) in [5.41, 5.74) is 5.24. The van der Waals surface area contributed by atoms with Gasteiger partial charge in [-0.15, -0.1) is 0 Å². The Kier molecular flexibility index (Phi) is 5.34. The maximum absolute atomic E-state index is 12.3. The van der Waals surface area contributed by atoms with Gasteiger partial charge >= 0.3 is 5.69 Å². The molecule has 3 N–H and O–H groups in total. The molecule has 0 spiro atoms. The van der Waals surface area contributed by atoms with Gasteiger partial charge in [0.2, 0.25) is 18.4 Å². The fourth-order valence-corrected chi connectivity index (χ4v) is 2.78. The molecule has 12 heteroatoms. The van der Waals surface area contributed by atoms with E-state index in [4.69, 9.17) is 14.2 Å². The van der Waals surface area contributed by atoms with E-state index in [-0.39, 0.29) is 18.4 Å². The maximum Gasteiger partial charge on any atom is 0.355 e. The molecule has 0 atom stereocenters. The van der Waals surface area contributed by atoms with Crippen LogP contribution in [0.5, 0.6) is 17.2 Å². The number of hydrogen-bond donors (Lipinski definition) is 3. The van der Waals surface area contributed by atoms with Gasteiger partial charge in [-0.05, 0) is 36.4 Å². The van der Waals surface area contributed by atoms with Crippen molar-refractivity contribution in [3.8, 4) is 17.2 Å². The number of hydrogen-bond acceptors (Lipinski definition) is 10. The number of carbonyl (C=O) groups is 1. The summed E-state index contributed by atoms with van der Waals surface area (Å²) >= 11 is 0. The molecule has 3 aromatic rings. The van der Waals surface area contributed by atoms with Crippen LogP contribution in [0.4, 0.5) is 23.0 Å². The van der Waals surface area contributed by atoms with Gasteiger partial charge in [-0.3, -0.25) is 25.8 Å². The third kappa shape index (κ3) is 4.22. The van der Waals surface area contributed by atoms with Gasteiger partial charge in [0, 0.05) is 17.3 Å². The number of anilines is 3. The SMILES string of the molecule is COc1ccc(C(=O)NNc2ncnc(Nc3ccc4c(c3)OCO4)c2[N+](=O)[O-])cc1. The highest BCUT2D eigenvalue weighted by Gasteiger charge is 2.24. The van der Waals surface area contributed by atoms with Crippen LogP contribution >= 0.6 is 0 Å². The number of hydrazine groups is 1. The molecule has 0 saturated carbocycles. The highest BCUT2D eigenvalue weighted by molar-refractivity contribution is 5.95. The molecular formula is C19H16N6O6. The van der Waals surface area contributed by atoms with Crippen molar-refractivity contribution in [1.82, 2.24) is 15.4 Å². The number of rotatable bonds is 7. The number of amides is 1. The fourth-order valence-electron chi connectivity index (χ4n) is 2.78. The molecule has 0 unspecified atom stereocenters. The molecule has 31 heavy (non-hydrogen) atoms. The minimum absolute atomic E-state index is 0.0694. The Labute approximate surface area is 175 Å². The number of nitro groups is 1. The zero-order valence-corrected chi connectivity index (χ0v) is 16.1. The van der Waals surface area contributed by atoms with E-state index in [1.807, 2.05) is 0 Å². The lowest BCUT2D eigenvalue weighted by Crippen LogP contribution is -2.30. The van der Waals surface area contributed by atoms with Crippen LogP contribution in [0.1, 0.15) is 10.4 Å². The topological polar surface area (TPSA) is 150 Å². The second-order valence-electron chi connectivity index (χ2n) is 6.18. The standard InChI is InChI=1S/C19H16N6O6/c1-29-13-5-2-11(3-6-13)19(26)24-23-18-16(25(27)28)17(20-9-21-18)22-12-4-7-14-15(8-12)31-10-30-14/h2-9H,10H2,1H3,(H,24,26)(H2,20,21,22,23). The third-order valence-corrected chi connectivity index (χ3v) is 4.29. The number of aromatic nitrogens is 2. The highest BCUT2D eigenvalue weighted by atomic mass is 16.7. The predicted molar refractivity (Wildman–Crippen MR) is 109 cm³/mol. The first-order valence-electron chi connectivity index (χ1n) is 8.91. The number of nitrogens with zero attached hydrogens (tertiary/aromatic N) is 3. The molecule has 1 aliphatic heterocycles. The first-order valence-corrected chi connectivity index (χ1v) is 8.91. The Balaban J connectivity index is 1.52. The molecule has 12 nitrogen and oxygen atoms in total. The molecule has 4 rings (SSSR count). The molecule has 2 aromatic carbocycles. The molecular weight excluding hydrogens is 408 g/mol. The van der Waals surface area contributed by atoms with E-state index in [2.05, 4.69) is 26.1 Å². The number of benzene rings is 2. The van der Waals surface area contributed by atoms with Crippen molar-refractivity contribution in [3.05, 3.63) is 64.5 Å². The predicted octanol–water partition coefficient (Wildman–Crippen LogP) is 2.62. The van der Waals surface area contributed by atoms with E-state index in [0.29, 0.717) is 28.5 Å². The van der Waals surface area contributed by atoms with E-state index < -0.39 is 16.5 Å². The second kappa shape index (κ2) is 8.41. The Bertz CT molecular complexity index is 1140. The summed E-state index contributed by atoms with van der Waals surface area (Å²) in [6, 6.07) is 11.3. The van der Waals surface area contributed by atoms with Gasteiger partial charge in [0.05, 0.1) is 12.0 Å². The zero-order valence-electron chi connectivity index (χ0n) is 16.1. The molecule has 158 valence electrons. The van der Waals surface area contributed by atoms with Crippen molar-refractivity contribution in [2.24, 2.45) is 0 Å². The van der Waals surface area contributed by atoms with E-state index in [9.17, 15) is 14.9 Å². The van der Waals surface area contributed by atoms with Crippen LogP contribution in [0.25, 0.3) is 0 Å². The lowest BCUT2D eigenvalue weighted by atomic mass is 10.2. The lowest BCUT2D eigenvalue weighted by Gasteiger charge is -2.11. The minimum Gasteiger partial charge on any atom is -0.497 e. The van der Waals surface area contributed by atoms with Gasteiger partial charge in [0.15, 0.2) is 11.5 Å². The number of fused-ring (bicyclic) bond motifs is 1. The number of methoxy groups -OCH3 is 1. The first-order chi connectivity index (χ1) is 15.0. The number of nitrogens with one attached hydrogen (secondary N) is 3. The quantitative estimate of drug-likeness (QED) is 0.381. The molecule has 0 radical (unpaired) electrons. The summed E-state index contributed by atoms with van der Waals surface area (Å²) < 4.78 is 15.6. The van der Waals surface area contributed by atoms with Crippen molar-refractivity contribution in [2.45, 2.75) is 0 Å². The van der Waals surface area contributed by atoms with Crippen LogP contribution in [0, 0.1) is 10.1 Å². The Hall–Kier alpha value is -4.61. The van der Waals surface area contributed by atoms with Crippen LogP contribution in [0.3, 0.4) is 0 Å². The van der Waals surface area contributed by atoms with Crippen molar-refractivity contribution in [2.75, 3.05) is 24.6 Å². The van der Waals surface area contributed by atoms with Crippen LogP contribution in [0.2, 0.25) is 0 Å². The van der Waals surface area contributed by atoms with Gasteiger partial charge in [0.25, 0.3) is 5.91 Å². The summed E-state index contributed by atoms with van der Waals surface area (Å²) in [7, 11) is 1.51. The maximum atomic E-state index is 12.3. The van der Waals surface area contributed by atoms with Crippen LogP contribution in [-0.4, -0.2) is 34.7 Å². The normalized spacial score (nSPS) is 11.5. The average molecular weight is 424 g/mol. The summed E-state index contributed by atoms with van der Waals surface area (Å²) in [5.74, 6) is 0.902. The first kappa shape index (κ1) is 19.7. The van der Waals surface area contributed by atoms with E-state index in [1.54, 1.807) is 42.5 Å². The summed E-state index contributed by atoms with van der Waals surface area (Å²) in [6.07, 6.45) is 1.13. The van der Waals surface area contributed by atoms with Crippen molar-refractivity contribution >= 4 is 28.9 Å². The van der Waals surface area contributed by atoms with Gasteiger partial charge < -0.3 is 19.5 Å². The van der Waals surface area contributed by atoms with Crippen LogP contribution in [0.15, 0.2) is 48.8 Å². The largest absolute Gasteiger partial charge is 0.497 e. The Morgan fingerprint density at radius 1 is 1.10 bits per heavy atom. The zero-order chi connectivity index (χ0) is 21.8. The minimum atomic E-state index is -0.656. The fraction of sp³-hybridized carbons (Fsp3) is 0.105.